The number of amides is 1. The van der Waals surface area contributed by atoms with Crippen molar-refractivity contribution < 1.29 is 4.79 Å². The molecular formula is C18H16N4OS. The number of H-pyrrole nitrogens is 1. The predicted octanol–water partition coefficient (Wildman–Crippen LogP) is 3.10. The van der Waals surface area contributed by atoms with Crippen molar-refractivity contribution in [3.63, 3.8) is 0 Å². The van der Waals surface area contributed by atoms with Crippen LogP contribution >= 0.6 is 11.8 Å². The summed E-state index contributed by atoms with van der Waals surface area (Å²) < 4.78 is 0. The fraction of sp³-hybridized carbons (Fsp3) is 0.167. The highest BCUT2D eigenvalue weighted by Gasteiger charge is 2.07. The van der Waals surface area contributed by atoms with Gasteiger partial charge < -0.3 is 10.3 Å². The molecule has 0 aliphatic rings. The van der Waals surface area contributed by atoms with E-state index in [0.717, 1.165) is 28.1 Å². The van der Waals surface area contributed by atoms with E-state index in [-0.39, 0.29) is 5.91 Å². The maximum absolute atomic E-state index is 12.1. The number of carbonyl (C=O) groups is 1. The molecule has 3 aromatic rings. The monoisotopic (exact) mass is 336 g/mol. The predicted molar refractivity (Wildman–Crippen MR) is 95.7 cm³/mol. The number of hydrogen-bond donors (Lipinski definition) is 2. The molecule has 0 aliphatic heterocycles. The summed E-state index contributed by atoms with van der Waals surface area (Å²) >= 11 is 1.69. The van der Waals surface area contributed by atoms with Gasteiger partial charge in [-0.15, -0.1) is 0 Å². The molecule has 0 fully saturated rings. The highest BCUT2D eigenvalue weighted by molar-refractivity contribution is 7.98. The van der Waals surface area contributed by atoms with Crippen LogP contribution in [0.25, 0.3) is 11.0 Å². The van der Waals surface area contributed by atoms with Crippen molar-refractivity contribution >= 4 is 28.7 Å². The van der Waals surface area contributed by atoms with Gasteiger partial charge in [-0.2, -0.15) is 17.0 Å². The summed E-state index contributed by atoms with van der Waals surface area (Å²) in [6.45, 7) is 0.583. The van der Waals surface area contributed by atoms with Crippen molar-refractivity contribution in [3.05, 3.63) is 65.5 Å². The summed E-state index contributed by atoms with van der Waals surface area (Å²) in [4.78, 5) is 19.3. The number of imidazole rings is 1. The number of thioether (sulfide) groups is 1. The van der Waals surface area contributed by atoms with Gasteiger partial charge in [-0.25, -0.2) is 4.98 Å². The molecular weight excluding hydrogens is 320 g/mol. The molecule has 2 N–H and O–H groups in total. The molecule has 3 rings (SSSR count). The molecule has 1 amide bonds. The Balaban J connectivity index is 1.46. The lowest BCUT2D eigenvalue weighted by atomic mass is 10.1. The third-order valence-corrected chi connectivity index (χ3v) is 4.62. The van der Waals surface area contributed by atoms with E-state index >= 15 is 0 Å². The summed E-state index contributed by atoms with van der Waals surface area (Å²) in [5.74, 6) is 1.46. The van der Waals surface area contributed by atoms with Crippen LogP contribution in [-0.2, 0) is 5.75 Å². The van der Waals surface area contributed by atoms with E-state index < -0.39 is 0 Å². The summed E-state index contributed by atoms with van der Waals surface area (Å²) in [7, 11) is 0. The minimum atomic E-state index is -0.0930. The minimum Gasteiger partial charge on any atom is -0.351 e. The zero-order valence-electron chi connectivity index (χ0n) is 13.0. The second-order valence-electron chi connectivity index (χ2n) is 5.21. The lowest BCUT2D eigenvalue weighted by Gasteiger charge is -2.06. The standard InChI is InChI=1S/C18H16N4OS/c19-10-14-3-1-2-4-15(14)11-24-8-7-20-18(23)13-5-6-16-17(9-13)22-12-21-16/h1-6,9,12H,7-8,11H2,(H,20,23)(H,21,22). The van der Waals surface area contributed by atoms with Gasteiger partial charge in [-0.3, -0.25) is 4.79 Å². The second-order valence-corrected chi connectivity index (χ2v) is 6.32. The van der Waals surface area contributed by atoms with Gasteiger partial charge >= 0.3 is 0 Å². The van der Waals surface area contributed by atoms with Gasteiger partial charge in [0.1, 0.15) is 0 Å². The molecule has 0 radical (unpaired) electrons. The van der Waals surface area contributed by atoms with Crippen LogP contribution in [0.3, 0.4) is 0 Å². The average molecular weight is 336 g/mol. The number of rotatable bonds is 6. The van der Waals surface area contributed by atoms with Crippen LogP contribution in [0.2, 0.25) is 0 Å². The number of benzene rings is 2. The zero-order valence-corrected chi connectivity index (χ0v) is 13.8. The number of nitrogens with zero attached hydrogens (tertiary/aromatic N) is 2. The van der Waals surface area contributed by atoms with Gasteiger partial charge in [0.2, 0.25) is 0 Å². The van der Waals surface area contributed by atoms with Crippen molar-refractivity contribution in [2.45, 2.75) is 5.75 Å². The Bertz CT molecular complexity index is 897. The van der Waals surface area contributed by atoms with E-state index in [9.17, 15) is 4.79 Å². The molecule has 6 heteroatoms. The van der Waals surface area contributed by atoms with Gasteiger partial charge in [0.15, 0.2) is 0 Å². The van der Waals surface area contributed by atoms with Crippen molar-refractivity contribution in [1.29, 1.82) is 5.26 Å². The zero-order chi connectivity index (χ0) is 16.8. The molecule has 0 aliphatic carbocycles. The molecule has 5 nitrogen and oxygen atoms in total. The number of carbonyl (C=O) groups excluding carboxylic acids is 1. The largest absolute Gasteiger partial charge is 0.351 e. The van der Waals surface area contributed by atoms with Gasteiger partial charge in [-0.05, 0) is 29.8 Å². The first-order chi connectivity index (χ1) is 11.8. The minimum absolute atomic E-state index is 0.0930. The molecule has 1 heterocycles. The molecule has 0 unspecified atom stereocenters. The molecule has 0 spiro atoms. The lowest BCUT2D eigenvalue weighted by molar-refractivity contribution is 0.0956. The number of nitriles is 1. The number of aromatic amines is 1. The van der Waals surface area contributed by atoms with Gasteiger partial charge in [0.25, 0.3) is 5.91 Å². The lowest BCUT2D eigenvalue weighted by Crippen LogP contribution is -2.25. The quantitative estimate of drug-likeness (QED) is 0.678. The van der Waals surface area contributed by atoms with E-state index in [4.69, 9.17) is 5.26 Å². The Hall–Kier alpha value is -2.78. The van der Waals surface area contributed by atoms with Crippen LogP contribution in [-0.4, -0.2) is 28.2 Å². The molecule has 2 aromatic carbocycles. The number of nitrogens with one attached hydrogen (secondary N) is 2. The van der Waals surface area contributed by atoms with Crippen molar-refractivity contribution in [3.8, 4) is 6.07 Å². The van der Waals surface area contributed by atoms with Gasteiger partial charge in [0.05, 0.1) is 29.0 Å². The van der Waals surface area contributed by atoms with Crippen molar-refractivity contribution in [2.24, 2.45) is 0 Å². The Labute approximate surface area is 144 Å². The Morgan fingerprint density at radius 2 is 2.17 bits per heavy atom. The number of aromatic nitrogens is 2. The van der Waals surface area contributed by atoms with Crippen LogP contribution < -0.4 is 5.32 Å². The summed E-state index contributed by atoms with van der Waals surface area (Å²) in [6.07, 6.45) is 1.61. The Morgan fingerprint density at radius 3 is 3.04 bits per heavy atom. The smallest absolute Gasteiger partial charge is 0.251 e. The topological polar surface area (TPSA) is 81.6 Å². The van der Waals surface area contributed by atoms with Crippen molar-refractivity contribution in [2.75, 3.05) is 12.3 Å². The van der Waals surface area contributed by atoms with Crippen LogP contribution in [0.4, 0.5) is 0 Å². The first kappa shape index (κ1) is 16.1. The molecule has 0 saturated carbocycles. The Morgan fingerprint density at radius 1 is 1.29 bits per heavy atom. The molecule has 0 bridgehead atoms. The van der Waals surface area contributed by atoms with E-state index in [0.29, 0.717) is 17.7 Å². The van der Waals surface area contributed by atoms with Crippen LogP contribution in [0.5, 0.6) is 0 Å². The van der Waals surface area contributed by atoms with E-state index in [2.05, 4.69) is 21.4 Å². The third kappa shape index (κ3) is 3.76. The van der Waals surface area contributed by atoms with Crippen LogP contribution in [0, 0.1) is 11.3 Å². The maximum atomic E-state index is 12.1. The van der Waals surface area contributed by atoms with E-state index in [1.807, 2.05) is 30.3 Å². The first-order valence-corrected chi connectivity index (χ1v) is 8.70. The number of fused-ring (bicyclic) bond motifs is 1. The first-order valence-electron chi connectivity index (χ1n) is 7.55. The average Bonchev–Trinajstić information content (AvgIpc) is 3.09. The van der Waals surface area contributed by atoms with E-state index in [1.165, 1.54) is 0 Å². The molecule has 120 valence electrons. The maximum Gasteiger partial charge on any atom is 0.251 e. The fourth-order valence-corrected chi connectivity index (χ4v) is 3.22. The molecule has 1 aromatic heterocycles. The SMILES string of the molecule is N#Cc1ccccc1CSCCNC(=O)c1ccc2nc[nH]c2c1. The van der Waals surface area contributed by atoms with Crippen molar-refractivity contribution in [1.82, 2.24) is 15.3 Å². The molecule has 0 saturated heterocycles. The third-order valence-electron chi connectivity index (χ3n) is 3.61. The summed E-state index contributed by atoms with van der Waals surface area (Å²) in [5.41, 5.74) is 4.05. The summed E-state index contributed by atoms with van der Waals surface area (Å²) in [6, 6.07) is 15.2. The van der Waals surface area contributed by atoms with E-state index in [1.54, 1.807) is 30.2 Å². The van der Waals surface area contributed by atoms with Gasteiger partial charge in [0, 0.05) is 23.6 Å². The fourth-order valence-electron chi connectivity index (χ4n) is 2.35. The number of hydrogen-bond acceptors (Lipinski definition) is 4. The highest BCUT2D eigenvalue weighted by atomic mass is 32.2. The van der Waals surface area contributed by atoms with Crippen LogP contribution in [0.1, 0.15) is 21.5 Å². The highest BCUT2D eigenvalue weighted by Crippen LogP contribution is 2.15. The second kappa shape index (κ2) is 7.66. The van der Waals surface area contributed by atoms with Gasteiger partial charge in [-0.1, -0.05) is 18.2 Å². The normalized spacial score (nSPS) is 10.5. The Kier molecular flexibility index (Phi) is 5.14. The molecule has 24 heavy (non-hydrogen) atoms. The summed E-state index contributed by atoms with van der Waals surface area (Å²) in [5, 5.41) is 12.0. The van der Waals surface area contributed by atoms with Crippen LogP contribution in [0.15, 0.2) is 48.8 Å². The molecule has 0 atom stereocenters.